The molecule has 0 atom stereocenters. The SMILES string of the molecule is CC(=O)C1CN(C(c2ccccc2)c2ccccc2)C1.CCC1CCC(C)CC1.Cc1nc(N(C)C)c2ccccc2n1. The number of carbonyl (C=O) groups excluding carboxylic acids is 1. The van der Waals surface area contributed by atoms with Crippen LogP contribution in [0.15, 0.2) is 84.9 Å². The molecule has 43 heavy (non-hydrogen) atoms. The number of fused-ring (bicyclic) bond motifs is 1. The molecule has 0 amide bonds. The lowest BCUT2D eigenvalue weighted by atomic mass is 9.82. The van der Waals surface area contributed by atoms with Gasteiger partial charge in [0.15, 0.2) is 0 Å². The molecule has 5 heteroatoms. The van der Waals surface area contributed by atoms with Gasteiger partial charge in [0, 0.05) is 38.5 Å². The number of rotatable bonds is 6. The molecule has 3 aromatic carbocycles. The van der Waals surface area contributed by atoms with Crippen LogP contribution in [0.25, 0.3) is 10.9 Å². The molecule has 0 N–H and O–H groups in total. The number of nitrogens with zero attached hydrogens (tertiary/aromatic N) is 4. The number of Topliss-reactive ketones (excluding diaryl/α,β-unsaturated/α-hetero) is 1. The minimum absolute atomic E-state index is 0.213. The van der Waals surface area contributed by atoms with Crippen LogP contribution in [0.5, 0.6) is 0 Å². The van der Waals surface area contributed by atoms with E-state index in [1.165, 1.54) is 43.2 Å². The van der Waals surface area contributed by atoms with Crippen molar-refractivity contribution in [3.8, 4) is 0 Å². The van der Waals surface area contributed by atoms with E-state index in [-0.39, 0.29) is 12.0 Å². The second-order valence-corrected chi connectivity index (χ2v) is 12.5. The molecule has 1 aliphatic heterocycles. The van der Waals surface area contributed by atoms with Crippen LogP contribution < -0.4 is 4.90 Å². The third kappa shape index (κ3) is 8.96. The van der Waals surface area contributed by atoms with Crippen molar-refractivity contribution in [2.75, 3.05) is 32.1 Å². The third-order valence-electron chi connectivity index (χ3n) is 8.91. The van der Waals surface area contributed by atoms with Gasteiger partial charge in [0.2, 0.25) is 0 Å². The molecule has 1 aromatic heterocycles. The molecule has 1 aliphatic carbocycles. The average Bonchev–Trinajstić information content (AvgIpc) is 3.00. The quantitative estimate of drug-likeness (QED) is 0.229. The van der Waals surface area contributed by atoms with Crippen LogP contribution in [0.4, 0.5) is 5.82 Å². The number of ketones is 1. The van der Waals surface area contributed by atoms with Crippen molar-refractivity contribution in [3.63, 3.8) is 0 Å². The molecule has 0 bridgehead atoms. The fourth-order valence-corrected chi connectivity index (χ4v) is 6.12. The number of aryl methyl sites for hydroxylation is 1. The molecule has 228 valence electrons. The Bertz CT molecular complexity index is 1370. The Hall–Kier alpha value is -3.57. The van der Waals surface area contributed by atoms with Gasteiger partial charge in [-0.2, -0.15) is 0 Å². The van der Waals surface area contributed by atoms with E-state index < -0.39 is 0 Å². The second kappa shape index (κ2) is 15.8. The summed E-state index contributed by atoms with van der Waals surface area (Å²) in [5.41, 5.74) is 3.59. The summed E-state index contributed by atoms with van der Waals surface area (Å²) in [5, 5.41) is 1.10. The standard InChI is InChI=1S/C18H19NO.C11H13N3.C9H18/c1-14(20)17-12-19(13-17)18(15-8-4-2-5-9-15)16-10-6-3-7-11-16;1-8-12-10-7-5-4-6-9(10)11(13-8)14(2)3;1-3-9-6-4-8(2)5-7-9/h2-11,17-18H,12-13H2,1H3;4-7H,1-3H3;8-9H,3-7H2,1-2H3. The summed E-state index contributed by atoms with van der Waals surface area (Å²) in [6, 6.07) is 29.4. The molecule has 5 nitrogen and oxygen atoms in total. The Morgan fingerprint density at radius 1 is 0.837 bits per heavy atom. The summed E-state index contributed by atoms with van der Waals surface area (Å²) in [6.07, 6.45) is 7.37. The largest absolute Gasteiger partial charge is 0.362 e. The molecular weight excluding hydrogens is 528 g/mol. The van der Waals surface area contributed by atoms with E-state index in [1.807, 2.05) is 62.3 Å². The van der Waals surface area contributed by atoms with Crippen LogP contribution in [0.3, 0.4) is 0 Å². The van der Waals surface area contributed by atoms with E-state index >= 15 is 0 Å². The zero-order chi connectivity index (χ0) is 30.8. The minimum Gasteiger partial charge on any atom is -0.362 e. The van der Waals surface area contributed by atoms with Gasteiger partial charge in [0.05, 0.1) is 11.6 Å². The normalized spacial score (nSPS) is 18.6. The lowest BCUT2D eigenvalue weighted by Gasteiger charge is -2.43. The average molecular weight is 579 g/mol. The van der Waals surface area contributed by atoms with Gasteiger partial charge < -0.3 is 4.90 Å². The molecule has 4 aromatic rings. The van der Waals surface area contributed by atoms with Crippen molar-refractivity contribution in [2.45, 2.75) is 65.8 Å². The topological polar surface area (TPSA) is 49.3 Å². The maximum Gasteiger partial charge on any atom is 0.139 e. The minimum atomic E-state index is 0.213. The molecule has 1 saturated heterocycles. The predicted octanol–water partition coefficient (Wildman–Crippen LogP) is 8.52. The molecule has 1 saturated carbocycles. The first-order chi connectivity index (χ1) is 20.8. The summed E-state index contributed by atoms with van der Waals surface area (Å²) >= 11 is 0. The van der Waals surface area contributed by atoms with Crippen LogP contribution in [0.2, 0.25) is 0 Å². The Morgan fingerprint density at radius 3 is 1.88 bits per heavy atom. The molecule has 0 spiro atoms. The van der Waals surface area contributed by atoms with E-state index in [0.29, 0.717) is 5.78 Å². The van der Waals surface area contributed by atoms with Crippen molar-refractivity contribution in [3.05, 3.63) is 102 Å². The van der Waals surface area contributed by atoms with Crippen LogP contribution in [0.1, 0.15) is 75.9 Å². The molecule has 2 fully saturated rings. The number of benzene rings is 3. The molecule has 2 aliphatic rings. The Morgan fingerprint density at radius 2 is 1.37 bits per heavy atom. The Balaban J connectivity index is 0.000000160. The Labute approximate surface area is 259 Å². The summed E-state index contributed by atoms with van der Waals surface area (Å²) in [7, 11) is 3.99. The molecule has 0 unspecified atom stereocenters. The van der Waals surface area contributed by atoms with Crippen LogP contribution >= 0.6 is 0 Å². The van der Waals surface area contributed by atoms with Crippen molar-refractivity contribution >= 4 is 22.5 Å². The first-order valence-electron chi connectivity index (χ1n) is 16.0. The van der Waals surface area contributed by atoms with Gasteiger partial charge in [-0.1, -0.05) is 119 Å². The van der Waals surface area contributed by atoms with E-state index in [2.05, 4.69) is 77.2 Å². The van der Waals surface area contributed by atoms with Crippen molar-refractivity contribution in [1.29, 1.82) is 0 Å². The van der Waals surface area contributed by atoms with Crippen LogP contribution in [-0.4, -0.2) is 47.8 Å². The van der Waals surface area contributed by atoms with Crippen molar-refractivity contribution in [1.82, 2.24) is 14.9 Å². The summed E-state index contributed by atoms with van der Waals surface area (Å²) in [6.45, 7) is 10.0. The number of likely N-dealkylation sites (tertiary alicyclic amines) is 1. The van der Waals surface area contributed by atoms with Gasteiger partial charge in [-0.25, -0.2) is 9.97 Å². The van der Waals surface area contributed by atoms with Gasteiger partial charge in [0.1, 0.15) is 17.4 Å². The van der Waals surface area contributed by atoms with Crippen molar-refractivity contribution < 1.29 is 4.79 Å². The second-order valence-electron chi connectivity index (χ2n) is 12.5. The number of hydrogen-bond donors (Lipinski definition) is 0. The maximum atomic E-state index is 11.4. The van der Waals surface area contributed by atoms with Gasteiger partial charge in [-0.15, -0.1) is 0 Å². The lowest BCUT2D eigenvalue weighted by molar-refractivity contribution is -0.126. The Kier molecular flexibility index (Phi) is 11.9. The molecule has 2 heterocycles. The number of carbonyl (C=O) groups is 1. The predicted molar refractivity (Wildman–Crippen MR) is 180 cm³/mol. The maximum absolute atomic E-state index is 11.4. The monoisotopic (exact) mass is 578 g/mol. The lowest BCUT2D eigenvalue weighted by Crippen LogP contribution is -2.51. The van der Waals surface area contributed by atoms with Gasteiger partial charge >= 0.3 is 0 Å². The van der Waals surface area contributed by atoms with Crippen molar-refractivity contribution in [2.24, 2.45) is 17.8 Å². The highest BCUT2D eigenvalue weighted by Gasteiger charge is 2.36. The summed E-state index contributed by atoms with van der Waals surface area (Å²) in [5.74, 6) is 4.40. The first kappa shape index (κ1) is 32.3. The zero-order valence-electron chi connectivity index (χ0n) is 27.0. The summed E-state index contributed by atoms with van der Waals surface area (Å²) < 4.78 is 0. The highest BCUT2D eigenvalue weighted by atomic mass is 16.1. The molecule has 6 rings (SSSR count). The fourth-order valence-electron chi connectivity index (χ4n) is 6.12. The third-order valence-corrected chi connectivity index (χ3v) is 8.91. The van der Waals surface area contributed by atoms with Crippen LogP contribution in [0, 0.1) is 24.7 Å². The zero-order valence-corrected chi connectivity index (χ0v) is 27.0. The fraction of sp³-hybridized carbons (Fsp3) is 0.447. The smallest absolute Gasteiger partial charge is 0.139 e. The first-order valence-corrected chi connectivity index (χ1v) is 16.0. The number of hydrogen-bond acceptors (Lipinski definition) is 5. The highest BCUT2D eigenvalue weighted by molar-refractivity contribution is 5.89. The number of para-hydroxylation sites is 1. The number of aromatic nitrogens is 2. The highest BCUT2D eigenvalue weighted by Crippen LogP contribution is 2.34. The van der Waals surface area contributed by atoms with E-state index in [9.17, 15) is 4.79 Å². The van der Waals surface area contributed by atoms with Gasteiger partial charge in [-0.05, 0) is 48.9 Å². The van der Waals surface area contributed by atoms with Crippen LogP contribution in [-0.2, 0) is 4.79 Å². The molecular formula is C38H50N4O. The summed E-state index contributed by atoms with van der Waals surface area (Å²) in [4.78, 5) is 24.6. The molecule has 0 radical (unpaired) electrons. The number of anilines is 1. The van der Waals surface area contributed by atoms with E-state index in [4.69, 9.17) is 0 Å². The van der Waals surface area contributed by atoms with Gasteiger partial charge in [-0.3, -0.25) is 9.69 Å². The van der Waals surface area contributed by atoms with E-state index in [0.717, 1.165) is 47.5 Å². The van der Waals surface area contributed by atoms with Gasteiger partial charge in [0.25, 0.3) is 0 Å². The van der Waals surface area contributed by atoms with E-state index in [1.54, 1.807) is 6.92 Å².